The van der Waals surface area contributed by atoms with Gasteiger partial charge in [0.1, 0.15) is 0 Å². The molecule has 0 aromatic heterocycles. The summed E-state index contributed by atoms with van der Waals surface area (Å²) >= 11 is 0. The fourth-order valence-corrected chi connectivity index (χ4v) is 3.49. The van der Waals surface area contributed by atoms with Crippen molar-refractivity contribution in [1.29, 1.82) is 0 Å². The van der Waals surface area contributed by atoms with Crippen molar-refractivity contribution in [3.8, 4) is 0 Å². The zero-order valence-electron chi connectivity index (χ0n) is 13.4. The Morgan fingerprint density at radius 1 is 1.22 bits per heavy atom. The molecule has 0 amide bonds. The minimum atomic E-state index is 0.504. The van der Waals surface area contributed by atoms with E-state index in [0.29, 0.717) is 11.5 Å². The molecule has 0 aromatic carbocycles. The second-order valence-electron chi connectivity index (χ2n) is 6.80. The van der Waals surface area contributed by atoms with Gasteiger partial charge in [-0.25, -0.2) is 0 Å². The minimum Gasteiger partial charge on any atom is -0.315 e. The predicted octanol–water partition coefficient (Wildman–Crippen LogP) is 3.52. The molecule has 108 valence electrons. The molecule has 1 rings (SSSR count). The average molecular weight is 254 g/mol. The van der Waals surface area contributed by atoms with Gasteiger partial charge in [-0.05, 0) is 57.7 Å². The van der Waals surface area contributed by atoms with Crippen molar-refractivity contribution in [2.45, 2.75) is 71.9 Å². The summed E-state index contributed by atoms with van der Waals surface area (Å²) in [6.45, 7) is 10.8. The van der Waals surface area contributed by atoms with Crippen molar-refractivity contribution in [2.75, 3.05) is 20.6 Å². The van der Waals surface area contributed by atoms with E-state index in [1.807, 2.05) is 0 Å². The van der Waals surface area contributed by atoms with E-state index in [2.05, 4.69) is 52.0 Å². The number of nitrogens with zero attached hydrogens (tertiary/aromatic N) is 1. The SMILES string of the molecule is CCCN(C)C1CC(C(C)(C)CC)CCC1NC. The summed E-state index contributed by atoms with van der Waals surface area (Å²) in [6, 6.07) is 1.41. The van der Waals surface area contributed by atoms with Gasteiger partial charge in [-0.15, -0.1) is 0 Å². The summed E-state index contributed by atoms with van der Waals surface area (Å²) < 4.78 is 0. The van der Waals surface area contributed by atoms with Gasteiger partial charge in [0.2, 0.25) is 0 Å². The van der Waals surface area contributed by atoms with Gasteiger partial charge >= 0.3 is 0 Å². The fourth-order valence-electron chi connectivity index (χ4n) is 3.49. The van der Waals surface area contributed by atoms with Crippen LogP contribution in [0.3, 0.4) is 0 Å². The third-order valence-electron chi connectivity index (χ3n) is 5.35. The van der Waals surface area contributed by atoms with Crippen molar-refractivity contribution in [3.05, 3.63) is 0 Å². The minimum absolute atomic E-state index is 0.504. The normalized spacial score (nSPS) is 29.8. The molecule has 0 aliphatic heterocycles. The predicted molar refractivity (Wildman–Crippen MR) is 81.0 cm³/mol. The Hall–Kier alpha value is -0.0800. The van der Waals surface area contributed by atoms with E-state index in [4.69, 9.17) is 0 Å². The highest BCUT2D eigenvalue weighted by atomic mass is 15.2. The van der Waals surface area contributed by atoms with E-state index in [0.717, 1.165) is 12.0 Å². The van der Waals surface area contributed by atoms with Crippen LogP contribution < -0.4 is 5.32 Å². The highest BCUT2D eigenvalue weighted by molar-refractivity contribution is 4.93. The molecular formula is C16H34N2. The molecule has 0 bridgehead atoms. The van der Waals surface area contributed by atoms with Gasteiger partial charge in [-0.2, -0.15) is 0 Å². The first kappa shape index (κ1) is 16.0. The molecule has 2 heteroatoms. The van der Waals surface area contributed by atoms with Crippen LogP contribution in [0.1, 0.15) is 59.8 Å². The van der Waals surface area contributed by atoms with E-state index in [1.54, 1.807) is 0 Å². The summed E-state index contributed by atoms with van der Waals surface area (Å²) in [5.74, 6) is 0.886. The molecule has 1 N–H and O–H groups in total. The fraction of sp³-hybridized carbons (Fsp3) is 1.00. The summed E-state index contributed by atoms with van der Waals surface area (Å²) in [4.78, 5) is 2.58. The monoisotopic (exact) mass is 254 g/mol. The maximum atomic E-state index is 3.54. The first-order valence-electron chi connectivity index (χ1n) is 7.83. The third kappa shape index (κ3) is 3.71. The van der Waals surface area contributed by atoms with Gasteiger partial charge in [0.05, 0.1) is 0 Å². The number of hydrogen-bond donors (Lipinski definition) is 1. The molecule has 1 saturated carbocycles. The maximum Gasteiger partial charge on any atom is 0.0249 e. The molecule has 1 aliphatic rings. The number of rotatable bonds is 6. The van der Waals surface area contributed by atoms with Crippen molar-refractivity contribution in [2.24, 2.45) is 11.3 Å². The second-order valence-corrected chi connectivity index (χ2v) is 6.80. The van der Waals surface area contributed by atoms with Crippen LogP contribution in [-0.4, -0.2) is 37.6 Å². The number of likely N-dealkylation sites (N-methyl/N-ethyl adjacent to an activating group) is 2. The van der Waals surface area contributed by atoms with Crippen LogP contribution in [-0.2, 0) is 0 Å². The molecule has 1 aliphatic carbocycles. The van der Waals surface area contributed by atoms with Crippen LogP contribution in [0.4, 0.5) is 0 Å². The van der Waals surface area contributed by atoms with Crippen molar-refractivity contribution in [1.82, 2.24) is 10.2 Å². The molecule has 0 heterocycles. The Balaban J connectivity index is 2.71. The molecule has 0 spiro atoms. The average Bonchev–Trinajstić information content (AvgIpc) is 2.38. The zero-order valence-corrected chi connectivity index (χ0v) is 13.4. The first-order chi connectivity index (χ1) is 8.46. The molecule has 1 fully saturated rings. The summed E-state index contributed by atoms with van der Waals surface area (Å²) in [5.41, 5.74) is 0.504. The summed E-state index contributed by atoms with van der Waals surface area (Å²) in [7, 11) is 4.43. The number of nitrogens with one attached hydrogen (secondary N) is 1. The Bertz CT molecular complexity index is 237. The van der Waals surface area contributed by atoms with E-state index in [9.17, 15) is 0 Å². The van der Waals surface area contributed by atoms with Crippen LogP contribution in [0.15, 0.2) is 0 Å². The lowest BCUT2D eigenvalue weighted by atomic mass is 9.67. The molecule has 3 unspecified atom stereocenters. The molecule has 2 nitrogen and oxygen atoms in total. The highest BCUT2D eigenvalue weighted by Crippen LogP contribution is 2.41. The van der Waals surface area contributed by atoms with Gasteiger partial charge in [0, 0.05) is 12.1 Å². The molecular weight excluding hydrogens is 220 g/mol. The van der Waals surface area contributed by atoms with Crippen LogP contribution in [0.25, 0.3) is 0 Å². The molecule has 3 atom stereocenters. The lowest BCUT2D eigenvalue weighted by molar-refractivity contribution is 0.0646. The van der Waals surface area contributed by atoms with Gasteiger partial charge < -0.3 is 10.2 Å². The summed E-state index contributed by atoms with van der Waals surface area (Å²) in [5, 5.41) is 3.54. The molecule has 18 heavy (non-hydrogen) atoms. The van der Waals surface area contributed by atoms with Crippen LogP contribution >= 0.6 is 0 Å². The smallest absolute Gasteiger partial charge is 0.0249 e. The Kier molecular flexibility index (Phi) is 6.13. The van der Waals surface area contributed by atoms with E-state index < -0.39 is 0 Å². The van der Waals surface area contributed by atoms with Crippen LogP contribution in [0, 0.1) is 11.3 Å². The molecule has 0 radical (unpaired) electrons. The summed E-state index contributed by atoms with van der Waals surface area (Å²) in [6.07, 6.45) is 6.65. The van der Waals surface area contributed by atoms with Gasteiger partial charge in [-0.3, -0.25) is 0 Å². The maximum absolute atomic E-state index is 3.54. The third-order valence-corrected chi connectivity index (χ3v) is 5.35. The molecule has 0 aromatic rings. The topological polar surface area (TPSA) is 15.3 Å². The Labute approximate surface area is 115 Å². The van der Waals surface area contributed by atoms with Crippen molar-refractivity contribution in [3.63, 3.8) is 0 Å². The van der Waals surface area contributed by atoms with Crippen molar-refractivity contribution < 1.29 is 0 Å². The standard InChI is InChI=1S/C16H34N2/c1-7-11-18(6)15-12-13(16(3,4)8-2)9-10-14(15)17-5/h13-15,17H,7-12H2,1-6H3. The van der Waals surface area contributed by atoms with Gasteiger partial charge in [0.15, 0.2) is 0 Å². The highest BCUT2D eigenvalue weighted by Gasteiger charge is 2.37. The van der Waals surface area contributed by atoms with Crippen molar-refractivity contribution >= 4 is 0 Å². The largest absolute Gasteiger partial charge is 0.315 e. The second kappa shape index (κ2) is 6.91. The Morgan fingerprint density at radius 2 is 1.89 bits per heavy atom. The lowest BCUT2D eigenvalue weighted by Gasteiger charge is -2.46. The van der Waals surface area contributed by atoms with Gasteiger partial charge in [0.25, 0.3) is 0 Å². The van der Waals surface area contributed by atoms with Crippen LogP contribution in [0.5, 0.6) is 0 Å². The van der Waals surface area contributed by atoms with E-state index in [1.165, 1.54) is 38.6 Å². The quantitative estimate of drug-likeness (QED) is 0.780. The Morgan fingerprint density at radius 3 is 2.39 bits per heavy atom. The number of hydrogen-bond acceptors (Lipinski definition) is 2. The van der Waals surface area contributed by atoms with Gasteiger partial charge in [-0.1, -0.05) is 34.1 Å². The zero-order chi connectivity index (χ0) is 13.8. The molecule has 0 saturated heterocycles. The van der Waals surface area contributed by atoms with Crippen LogP contribution in [0.2, 0.25) is 0 Å². The first-order valence-corrected chi connectivity index (χ1v) is 7.83. The lowest BCUT2D eigenvalue weighted by Crippen LogP contribution is -2.52. The van der Waals surface area contributed by atoms with E-state index >= 15 is 0 Å². The van der Waals surface area contributed by atoms with E-state index in [-0.39, 0.29) is 0 Å².